The number of aromatic nitrogens is 1. The molecule has 8 heavy (non-hydrogen) atoms. The van der Waals surface area contributed by atoms with Crippen LogP contribution < -0.4 is 0 Å². The van der Waals surface area contributed by atoms with E-state index in [0.29, 0.717) is 11.4 Å². The Balaban J connectivity index is 2.64. The Morgan fingerprint density at radius 3 is 2.25 bits per heavy atom. The third-order valence-electron chi connectivity index (χ3n) is 1.31. The second kappa shape index (κ2) is 1.08. The maximum absolute atomic E-state index is 12.4. The van der Waals surface area contributed by atoms with Crippen molar-refractivity contribution in [2.45, 2.75) is 6.17 Å². The Bertz CT molecular complexity index is 195. The summed E-state index contributed by atoms with van der Waals surface area (Å²) >= 11 is 0. The van der Waals surface area contributed by atoms with Crippen LogP contribution in [-0.2, 0) is 0 Å². The van der Waals surface area contributed by atoms with Gasteiger partial charge in [-0.3, -0.25) is 4.98 Å². The molecule has 2 heterocycles. The van der Waals surface area contributed by atoms with Crippen LogP contribution in [0.4, 0.5) is 4.39 Å². The molecular weight excluding hydrogens is 105 g/mol. The van der Waals surface area contributed by atoms with Gasteiger partial charge in [-0.1, -0.05) is 6.07 Å². The molecule has 0 atom stereocenters. The van der Waals surface area contributed by atoms with Gasteiger partial charge in [0.15, 0.2) is 6.17 Å². The van der Waals surface area contributed by atoms with E-state index in [1.807, 2.05) is 6.07 Å². The summed E-state index contributed by atoms with van der Waals surface area (Å²) in [6.07, 6.45) is -0.875. The zero-order valence-corrected chi connectivity index (χ0v) is 4.13. The summed E-state index contributed by atoms with van der Waals surface area (Å²) < 4.78 is 12.4. The van der Waals surface area contributed by atoms with E-state index in [2.05, 4.69) is 4.98 Å². The van der Waals surface area contributed by atoms with Crippen LogP contribution in [0.3, 0.4) is 0 Å². The molecule has 2 heteroatoms. The SMILES string of the molecule is FC1c2cccc1n2. The lowest BCUT2D eigenvalue weighted by Crippen LogP contribution is -2.10. The van der Waals surface area contributed by atoms with Crippen LogP contribution in [0.5, 0.6) is 0 Å². The van der Waals surface area contributed by atoms with E-state index in [-0.39, 0.29) is 0 Å². The summed E-state index contributed by atoms with van der Waals surface area (Å²) in [4.78, 5) is 3.82. The molecule has 1 aliphatic heterocycles. The summed E-state index contributed by atoms with van der Waals surface area (Å²) in [5.41, 5.74) is 1.14. The highest BCUT2D eigenvalue weighted by molar-refractivity contribution is 5.29. The lowest BCUT2D eigenvalue weighted by atomic mass is 10.1. The molecule has 1 aliphatic carbocycles. The van der Waals surface area contributed by atoms with E-state index >= 15 is 0 Å². The van der Waals surface area contributed by atoms with Gasteiger partial charge in [0.1, 0.15) is 0 Å². The summed E-state index contributed by atoms with van der Waals surface area (Å²) in [5, 5.41) is 0. The molecule has 0 fully saturated rings. The molecule has 0 spiro atoms. The van der Waals surface area contributed by atoms with E-state index in [1.165, 1.54) is 0 Å². The fourth-order valence-electron chi connectivity index (χ4n) is 0.837. The van der Waals surface area contributed by atoms with Crippen LogP contribution in [0.25, 0.3) is 0 Å². The molecule has 0 radical (unpaired) electrons. The summed E-state index contributed by atoms with van der Waals surface area (Å²) in [7, 11) is 0. The second-order valence-electron chi connectivity index (χ2n) is 1.85. The molecule has 2 bridgehead atoms. The number of nitrogens with zero attached hydrogens (tertiary/aromatic N) is 1. The zero-order chi connectivity index (χ0) is 5.56. The van der Waals surface area contributed by atoms with Gasteiger partial charge in [-0.2, -0.15) is 0 Å². The first-order valence-electron chi connectivity index (χ1n) is 2.49. The van der Waals surface area contributed by atoms with Crippen molar-refractivity contribution >= 4 is 0 Å². The molecule has 1 nitrogen and oxygen atoms in total. The molecule has 0 amide bonds. The van der Waals surface area contributed by atoms with Gasteiger partial charge in [0.05, 0.1) is 11.4 Å². The van der Waals surface area contributed by atoms with Gasteiger partial charge in [-0.15, -0.1) is 0 Å². The van der Waals surface area contributed by atoms with Crippen LogP contribution in [0, 0.1) is 0 Å². The number of hydrogen-bond acceptors (Lipinski definition) is 1. The van der Waals surface area contributed by atoms with Gasteiger partial charge in [-0.25, -0.2) is 4.39 Å². The predicted octanol–water partition coefficient (Wildman–Crippen LogP) is 1.45. The van der Waals surface area contributed by atoms with Gasteiger partial charge in [0, 0.05) is 0 Å². The first-order valence-corrected chi connectivity index (χ1v) is 2.49. The topological polar surface area (TPSA) is 12.9 Å². The zero-order valence-electron chi connectivity index (χ0n) is 4.13. The average molecular weight is 109 g/mol. The number of rotatable bonds is 0. The highest BCUT2D eigenvalue weighted by atomic mass is 19.1. The molecule has 0 saturated carbocycles. The van der Waals surface area contributed by atoms with Crippen LogP contribution in [-0.4, -0.2) is 4.98 Å². The number of alkyl halides is 1. The van der Waals surface area contributed by atoms with Gasteiger partial charge in [-0.05, 0) is 12.1 Å². The minimum atomic E-state index is -0.875. The van der Waals surface area contributed by atoms with Crippen LogP contribution >= 0.6 is 0 Å². The fourth-order valence-corrected chi connectivity index (χ4v) is 0.837. The quantitative estimate of drug-likeness (QED) is 0.491. The van der Waals surface area contributed by atoms with Crippen molar-refractivity contribution in [3.8, 4) is 0 Å². The Morgan fingerprint density at radius 2 is 2.00 bits per heavy atom. The average Bonchev–Trinajstić information content (AvgIpc) is 1.89. The van der Waals surface area contributed by atoms with Crippen molar-refractivity contribution in [1.82, 2.24) is 4.98 Å². The van der Waals surface area contributed by atoms with Gasteiger partial charge >= 0.3 is 0 Å². The molecule has 1 aromatic rings. The molecular formula is C6H4FN. The van der Waals surface area contributed by atoms with E-state index in [0.717, 1.165) is 0 Å². The lowest BCUT2D eigenvalue weighted by Gasteiger charge is -2.16. The predicted molar refractivity (Wildman–Crippen MR) is 27.2 cm³/mol. The maximum Gasteiger partial charge on any atom is 0.184 e. The first-order chi connectivity index (χ1) is 3.88. The summed E-state index contributed by atoms with van der Waals surface area (Å²) in [6, 6.07) is 5.20. The molecule has 1 aromatic heterocycles. The van der Waals surface area contributed by atoms with Crippen molar-refractivity contribution < 1.29 is 4.39 Å². The van der Waals surface area contributed by atoms with Crippen LogP contribution in [0.1, 0.15) is 17.6 Å². The maximum atomic E-state index is 12.4. The van der Waals surface area contributed by atoms with Crippen molar-refractivity contribution in [2.75, 3.05) is 0 Å². The van der Waals surface area contributed by atoms with Crippen LogP contribution in [0.2, 0.25) is 0 Å². The molecule has 0 N–H and O–H groups in total. The number of pyridine rings is 1. The van der Waals surface area contributed by atoms with Gasteiger partial charge in [0.2, 0.25) is 0 Å². The van der Waals surface area contributed by atoms with E-state index in [1.54, 1.807) is 12.1 Å². The third kappa shape index (κ3) is 0.290. The van der Waals surface area contributed by atoms with Gasteiger partial charge < -0.3 is 0 Å². The Hall–Kier alpha value is -0.920. The number of hydrogen-bond donors (Lipinski definition) is 0. The van der Waals surface area contributed by atoms with Crippen molar-refractivity contribution in [2.24, 2.45) is 0 Å². The summed E-state index contributed by atoms with van der Waals surface area (Å²) in [5.74, 6) is 0. The highest BCUT2D eigenvalue weighted by Crippen LogP contribution is 2.30. The molecule has 40 valence electrons. The molecule has 3 rings (SSSR count). The Kier molecular flexibility index (Phi) is 0.539. The Morgan fingerprint density at radius 1 is 1.38 bits per heavy atom. The monoisotopic (exact) mass is 109 g/mol. The second-order valence-corrected chi connectivity index (χ2v) is 1.85. The normalized spacial score (nSPS) is 15.6. The largest absolute Gasteiger partial charge is 0.251 e. The minimum Gasteiger partial charge on any atom is -0.251 e. The highest BCUT2D eigenvalue weighted by Gasteiger charge is 2.23. The third-order valence-corrected chi connectivity index (χ3v) is 1.31. The van der Waals surface area contributed by atoms with Crippen molar-refractivity contribution in [1.29, 1.82) is 0 Å². The smallest absolute Gasteiger partial charge is 0.184 e. The molecule has 0 saturated heterocycles. The molecule has 0 aromatic carbocycles. The van der Waals surface area contributed by atoms with Crippen molar-refractivity contribution in [3.05, 3.63) is 29.6 Å². The Labute approximate surface area is 46.2 Å². The van der Waals surface area contributed by atoms with Crippen molar-refractivity contribution in [3.63, 3.8) is 0 Å². The van der Waals surface area contributed by atoms with Crippen LogP contribution in [0.15, 0.2) is 18.2 Å². The van der Waals surface area contributed by atoms with E-state index in [9.17, 15) is 4.39 Å². The lowest BCUT2D eigenvalue weighted by molar-refractivity contribution is 0.349. The van der Waals surface area contributed by atoms with Gasteiger partial charge in [0.25, 0.3) is 0 Å². The minimum absolute atomic E-state index is 0.572. The molecule has 2 aliphatic rings. The fraction of sp³-hybridized carbons (Fsp3) is 0.167. The number of fused-ring (bicyclic) bond motifs is 2. The standard InChI is InChI=1S/C6H4FN/c7-6-4-2-1-3-5(6)8-4/h1-3,6H. The summed E-state index contributed by atoms with van der Waals surface area (Å²) in [6.45, 7) is 0. The van der Waals surface area contributed by atoms with E-state index < -0.39 is 6.17 Å². The molecule has 0 unspecified atom stereocenters. The first kappa shape index (κ1) is 4.01. The van der Waals surface area contributed by atoms with E-state index in [4.69, 9.17) is 0 Å². The number of halogens is 1.